The number of fused-ring (bicyclic) bond motifs is 1. The Morgan fingerprint density at radius 1 is 1.33 bits per heavy atom. The van der Waals surface area contributed by atoms with Gasteiger partial charge < -0.3 is 15.4 Å². The molecule has 0 radical (unpaired) electrons. The van der Waals surface area contributed by atoms with Crippen molar-refractivity contribution in [1.29, 1.82) is 0 Å². The van der Waals surface area contributed by atoms with Crippen LogP contribution in [0.3, 0.4) is 0 Å². The molecule has 2 aliphatic rings. The molecule has 3 atom stereocenters. The molecule has 0 aromatic carbocycles. The number of carbonyl (C=O) groups excluding carboxylic acids is 1. The summed E-state index contributed by atoms with van der Waals surface area (Å²) in [6.45, 7) is 8.25. The van der Waals surface area contributed by atoms with Crippen LogP contribution in [-0.4, -0.2) is 36.2 Å². The van der Waals surface area contributed by atoms with Gasteiger partial charge in [0.2, 0.25) is 0 Å². The summed E-state index contributed by atoms with van der Waals surface area (Å²) in [5, 5.41) is 0. The van der Waals surface area contributed by atoms with Crippen molar-refractivity contribution in [1.82, 2.24) is 4.90 Å². The number of nitrogens with zero attached hydrogens (tertiary/aromatic N) is 1. The highest BCUT2D eigenvalue weighted by atomic mass is 16.6. The minimum atomic E-state index is -0.397. The molecule has 1 aliphatic heterocycles. The number of nitrogens with two attached hydrogens (primary N) is 1. The zero-order valence-corrected chi connectivity index (χ0v) is 11.8. The molecule has 4 heteroatoms. The van der Waals surface area contributed by atoms with Gasteiger partial charge in [0.05, 0.1) is 0 Å². The second-order valence-corrected chi connectivity index (χ2v) is 6.72. The SMILES string of the molecule is CC(C)(C)OC(=O)N1CC2CCC(CCN)C2C1. The third-order valence-corrected chi connectivity index (χ3v) is 4.19. The van der Waals surface area contributed by atoms with Gasteiger partial charge in [0.1, 0.15) is 5.60 Å². The van der Waals surface area contributed by atoms with Gasteiger partial charge in [0, 0.05) is 13.1 Å². The maximum atomic E-state index is 12.0. The summed E-state index contributed by atoms with van der Waals surface area (Å²) < 4.78 is 5.44. The quantitative estimate of drug-likeness (QED) is 0.822. The van der Waals surface area contributed by atoms with E-state index < -0.39 is 5.60 Å². The third kappa shape index (κ3) is 2.97. The topological polar surface area (TPSA) is 55.6 Å². The minimum Gasteiger partial charge on any atom is -0.444 e. The number of carbonyl (C=O) groups is 1. The highest BCUT2D eigenvalue weighted by Gasteiger charge is 2.44. The number of ether oxygens (including phenoxy) is 1. The first-order chi connectivity index (χ1) is 8.40. The van der Waals surface area contributed by atoms with Crippen molar-refractivity contribution in [3.05, 3.63) is 0 Å². The van der Waals surface area contributed by atoms with Crippen LogP contribution in [0.25, 0.3) is 0 Å². The van der Waals surface area contributed by atoms with E-state index in [1.54, 1.807) is 0 Å². The molecule has 4 nitrogen and oxygen atoms in total. The van der Waals surface area contributed by atoms with Gasteiger partial charge in [-0.25, -0.2) is 4.79 Å². The van der Waals surface area contributed by atoms with E-state index in [1.165, 1.54) is 12.8 Å². The zero-order valence-electron chi connectivity index (χ0n) is 11.8. The second-order valence-electron chi connectivity index (χ2n) is 6.72. The Morgan fingerprint density at radius 3 is 2.67 bits per heavy atom. The predicted octanol–water partition coefficient (Wildman–Crippen LogP) is 2.23. The monoisotopic (exact) mass is 254 g/mol. The molecule has 104 valence electrons. The standard InChI is InChI=1S/C14H26N2O2/c1-14(2,3)18-13(17)16-8-11-5-4-10(6-7-15)12(11)9-16/h10-12H,4-9,15H2,1-3H3. The van der Waals surface area contributed by atoms with Crippen molar-refractivity contribution >= 4 is 6.09 Å². The zero-order chi connectivity index (χ0) is 13.3. The molecule has 3 unspecified atom stereocenters. The van der Waals surface area contributed by atoms with E-state index in [0.29, 0.717) is 17.8 Å². The van der Waals surface area contributed by atoms with Crippen molar-refractivity contribution in [2.75, 3.05) is 19.6 Å². The van der Waals surface area contributed by atoms with Gasteiger partial charge >= 0.3 is 6.09 Å². The summed E-state index contributed by atoms with van der Waals surface area (Å²) in [4.78, 5) is 13.9. The highest BCUT2D eigenvalue weighted by Crippen LogP contribution is 2.43. The fourth-order valence-electron chi connectivity index (χ4n) is 3.43. The van der Waals surface area contributed by atoms with E-state index in [1.807, 2.05) is 25.7 Å². The summed E-state index contributed by atoms with van der Waals surface area (Å²) in [5.74, 6) is 2.04. The average Bonchev–Trinajstić information content (AvgIpc) is 2.77. The van der Waals surface area contributed by atoms with E-state index in [0.717, 1.165) is 26.1 Å². The third-order valence-electron chi connectivity index (χ3n) is 4.19. The van der Waals surface area contributed by atoms with Crippen LogP contribution in [0.2, 0.25) is 0 Å². The Morgan fingerprint density at radius 2 is 2.06 bits per heavy atom. The van der Waals surface area contributed by atoms with Gasteiger partial charge in [-0.3, -0.25) is 0 Å². The summed E-state index contributed by atoms with van der Waals surface area (Å²) >= 11 is 0. The van der Waals surface area contributed by atoms with Crippen LogP contribution in [0, 0.1) is 17.8 Å². The van der Waals surface area contributed by atoms with E-state index in [9.17, 15) is 4.79 Å². The van der Waals surface area contributed by atoms with Crippen molar-refractivity contribution in [2.24, 2.45) is 23.5 Å². The van der Waals surface area contributed by atoms with Gasteiger partial charge in [-0.2, -0.15) is 0 Å². The van der Waals surface area contributed by atoms with E-state index in [2.05, 4.69) is 0 Å². The molecular weight excluding hydrogens is 228 g/mol. The number of hydrogen-bond donors (Lipinski definition) is 1. The summed E-state index contributed by atoms with van der Waals surface area (Å²) in [6, 6.07) is 0. The molecule has 1 amide bonds. The van der Waals surface area contributed by atoms with Crippen LogP contribution < -0.4 is 5.73 Å². The van der Waals surface area contributed by atoms with Crippen LogP contribution in [0.15, 0.2) is 0 Å². The van der Waals surface area contributed by atoms with Gasteiger partial charge in [-0.1, -0.05) is 0 Å². The highest BCUT2D eigenvalue weighted by molar-refractivity contribution is 5.68. The number of hydrogen-bond acceptors (Lipinski definition) is 3. The summed E-state index contributed by atoms with van der Waals surface area (Å²) in [7, 11) is 0. The second kappa shape index (κ2) is 5.08. The Balaban J connectivity index is 1.90. The first-order valence-corrected chi connectivity index (χ1v) is 7.08. The van der Waals surface area contributed by atoms with Gasteiger partial charge in [-0.15, -0.1) is 0 Å². The van der Waals surface area contributed by atoms with Crippen LogP contribution in [0.5, 0.6) is 0 Å². The molecule has 18 heavy (non-hydrogen) atoms. The fourth-order valence-corrected chi connectivity index (χ4v) is 3.43. The normalized spacial score (nSPS) is 31.6. The van der Waals surface area contributed by atoms with E-state index in [-0.39, 0.29) is 6.09 Å². The molecule has 2 N–H and O–H groups in total. The molecule has 2 fully saturated rings. The Kier molecular flexibility index (Phi) is 3.85. The lowest BCUT2D eigenvalue weighted by Crippen LogP contribution is -2.36. The maximum Gasteiger partial charge on any atom is 0.410 e. The Labute approximate surface area is 110 Å². The molecule has 1 heterocycles. The minimum absolute atomic E-state index is 0.150. The number of likely N-dealkylation sites (tertiary alicyclic amines) is 1. The smallest absolute Gasteiger partial charge is 0.410 e. The van der Waals surface area contributed by atoms with Gasteiger partial charge in [0.25, 0.3) is 0 Å². The molecule has 0 aromatic rings. The van der Waals surface area contributed by atoms with Crippen LogP contribution in [-0.2, 0) is 4.74 Å². The lowest BCUT2D eigenvalue weighted by molar-refractivity contribution is 0.0276. The van der Waals surface area contributed by atoms with Crippen LogP contribution >= 0.6 is 0 Å². The number of amides is 1. The Bertz CT molecular complexity index is 309. The van der Waals surface area contributed by atoms with E-state index >= 15 is 0 Å². The molecule has 0 spiro atoms. The lowest BCUT2D eigenvalue weighted by Gasteiger charge is -2.25. The molecular formula is C14H26N2O2. The van der Waals surface area contributed by atoms with Crippen molar-refractivity contribution in [3.63, 3.8) is 0 Å². The molecule has 1 saturated heterocycles. The Hall–Kier alpha value is -0.770. The molecule has 2 rings (SSSR count). The predicted molar refractivity (Wildman–Crippen MR) is 71.2 cm³/mol. The first-order valence-electron chi connectivity index (χ1n) is 7.08. The van der Waals surface area contributed by atoms with Crippen molar-refractivity contribution in [2.45, 2.75) is 45.6 Å². The van der Waals surface area contributed by atoms with Gasteiger partial charge in [0.15, 0.2) is 0 Å². The average molecular weight is 254 g/mol. The lowest BCUT2D eigenvalue weighted by atomic mass is 9.90. The fraction of sp³-hybridized carbons (Fsp3) is 0.929. The summed E-state index contributed by atoms with van der Waals surface area (Å²) in [6.07, 6.45) is 3.48. The van der Waals surface area contributed by atoms with Crippen LogP contribution in [0.1, 0.15) is 40.0 Å². The number of rotatable bonds is 2. The largest absolute Gasteiger partial charge is 0.444 e. The summed E-state index contributed by atoms with van der Waals surface area (Å²) in [5.41, 5.74) is 5.27. The van der Waals surface area contributed by atoms with Crippen molar-refractivity contribution in [3.8, 4) is 0 Å². The van der Waals surface area contributed by atoms with E-state index in [4.69, 9.17) is 10.5 Å². The van der Waals surface area contributed by atoms with Crippen molar-refractivity contribution < 1.29 is 9.53 Å². The molecule has 0 aromatic heterocycles. The molecule has 0 bridgehead atoms. The molecule has 1 saturated carbocycles. The molecule has 1 aliphatic carbocycles. The maximum absolute atomic E-state index is 12.0. The van der Waals surface area contributed by atoms with Gasteiger partial charge in [-0.05, 0) is 64.3 Å². The van der Waals surface area contributed by atoms with Crippen LogP contribution in [0.4, 0.5) is 4.79 Å². The first kappa shape index (κ1) is 13.7.